The standard InChI is InChI=1S/C23H25NO5/c25-22(26)12-21(15-6-5-11-28-13-15)24-23(27)29-14-20-18-9-3-1-7-16(18)17-8-2-4-10-19(17)20/h1-4,7-10,15,20-21H,5-6,11-14H2,(H,24,27)(H,25,26)/t15?,21-/m1/s1. The highest BCUT2D eigenvalue weighted by atomic mass is 16.5. The Bertz CT molecular complexity index is 845. The third kappa shape index (κ3) is 4.27. The number of carboxylic acids is 1. The molecule has 6 nitrogen and oxygen atoms in total. The van der Waals surface area contributed by atoms with Crippen LogP contribution >= 0.6 is 0 Å². The Labute approximate surface area is 169 Å². The fourth-order valence-corrected chi connectivity index (χ4v) is 4.40. The molecule has 1 unspecified atom stereocenters. The molecule has 0 radical (unpaired) electrons. The summed E-state index contributed by atoms with van der Waals surface area (Å²) in [5.74, 6) is -0.982. The van der Waals surface area contributed by atoms with Crippen LogP contribution in [-0.4, -0.2) is 43.0 Å². The van der Waals surface area contributed by atoms with Crippen molar-refractivity contribution in [3.05, 3.63) is 59.7 Å². The van der Waals surface area contributed by atoms with Crippen LogP contribution in [0, 0.1) is 5.92 Å². The van der Waals surface area contributed by atoms with Crippen LogP contribution in [0.4, 0.5) is 4.79 Å². The second kappa shape index (κ2) is 8.66. The molecule has 0 spiro atoms. The van der Waals surface area contributed by atoms with E-state index in [1.165, 1.54) is 11.1 Å². The average Bonchev–Trinajstić information content (AvgIpc) is 3.06. The second-order valence-electron chi connectivity index (χ2n) is 7.65. The molecule has 2 N–H and O–H groups in total. The normalized spacial score (nSPS) is 19.1. The predicted octanol–water partition coefficient (Wildman–Crippen LogP) is 3.80. The van der Waals surface area contributed by atoms with Gasteiger partial charge in [-0.05, 0) is 35.1 Å². The Hall–Kier alpha value is -2.86. The van der Waals surface area contributed by atoms with Crippen LogP contribution in [0.5, 0.6) is 0 Å². The number of alkyl carbamates (subject to hydrolysis) is 1. The van der Waals surface area contributed by atoms with Crippen LogP contribution in [-0.2, 0) is 14.3 Å². The van der Waals surface area contributed by atoms with Gasteiger partial charge in [0.1, 0.15) is 6.61 Å². The smallest absolute Gasteiger partial charge is 0.407 e. The van der Waals surface area contributed by atoms with Gasteiger partial charge in [0.2, 0.25) is 0 Å². The Morgan fingerprint density at radius 1 is 1.10 bits per heavy atom. The highest BCUT2D eigenvalue weighted by Crippen LogP contribution is 2.44. The van der Waals surface area contributed by atoms with Gasteiger partial charge in [-0.25, -0.2) is 4.79 Å². The maximum atomic E-state index is 12.5. The van der Waals surface area contributed by atoms with E-state index < -0.39 is 18.1 Å². The van der Waals surface area contributed by atoms with E-state index in [0.717, 1.165) is 24.0 Å². The van der Waals surface area contributed by atoms with Gasteiger partial charge in [0.25, 0.3) is 0 Å². The highest BCUT2D eigenvalue weighted by Gasteiger charge is 2.31. The molecule has 0 saturated carbocycles. The van der Waals surface area contributed by atoms with Gasteiger partial charge in [-0.2, -0.15) is 0 Å². The Balaban J connectivity index is 1.43. The van der Waals surface area contributed by atoms with E-state index in [0.29, 0.717) is 13.2 Å². The Morgan fingerprint density at radius 2 is 1.76 bits per heavy atom. The van der Waals surface area contributed by atoms with Gasteiger partial charge in [0, 0.05) is 24.5 Å². The number of carbonyl (C=O) groups excluding carboxylic acids is 1. The maximum Gasteiger partial charge on any atom is 0.407 e. The number of carbonyl (C=O) groups is 2. The van der Waals surface area contributed by atoms with Gasteiger partial charge in [-0.3, -0.25) is 4.79 Å². The zero-order valence-electron chi connectivity index (χ0n) is 16.2. The van der Waals surface area contributed by atoms with Gasteiger partial charge in [-0.1, -0.05) is 48.5 Å². The van der Waals surface area contributed by atoms with E-state index in [2.05, 4.69) is 29.6 Å². The molecule has 152 valence electrons. The van der Waals surface area contributed by atoms with Crippen molar-refractivity contribution >= 4 is 12.1 Å². The highest BCUT2D eigenvalue weighted by molar-refractivity contribution is 5.79. The molecule has 29 heavy (non-hydrogen) atoms. The van der Waals surface area contributed by atoms with Gasteiger partial charge < -0.3 is 19.9 Å². The van der Waals surface area contributed by atoms with E-state index in [-0.39, 0.29) is 24.9 Å². The summed E-state index contributed by atoms with van der Waals surface area (Å²) in [7, 11) is 0. The van der Waals surface area contributed by atoms with Crippen molar-refractivity contribution < 1.29 is 24.2 Å². The molecular weight excluding hydrogens is 370 g/mol. The number of hydrogen-bond acceptors (Lipinski definition) is 4. The lowest BCUT2D eigenvalue weighted by Crippen LogP contribution is -2.45. The minimum atomic E-state index is -0.945. The third-order valence-electron chi connectivity index (χ3n) is 5.81. The van der Waals surface area contributed by atoms with Crippen LogP contribution in [0.25, 0.3) is 11.1 Å². The van der Waals surface area contributed by atoms with Crippen molar-refractivity contribution in [3.63, 3.8) is 0 Å². The van der Waals surface area contributed by atoms with Crippen LogP contribution < -0.4 is 5.32 Å². The summed E-state index contributed by atoms with van der Waals surface area (Å²) in [4.78, 5) is 23.7. The van der Waals surface area contributed by atoms with Crippen molar-refractivity contribution in [3.8, 4) is 11.1 Å². The molecule has 4 rings (SSSR count). The second-order valence-corrected chi connectivity index (χ2v) is 7.65. The molecule has 1 fully saturated rings. The van der Waals surface area contributed by atoms with Crippen LogP contribution in [0.2, 0.25) is 0 Å². The quantitative estimate of drug-likeness (QED) is 0.777. The summed E-state index contributed by atoms with van der Waals surface area (Å²) in [6.07, 6.45) is 0.983. The molecular formula is C23H25NO5. The summed E-state index contributed by atoms with van der Waals surface area (Å²) >= 11 is 0. The summed E-state index contributed by atoms with van der Waals surface area (Å²) in [6.45, 7) is 1.35. The lowest BCUT2D eigenvalue weighted by molar-refractivity contribution is -0.138. The fraction of sp³-hybridized carbons (Fsp3) is 0.391. The number of benzene rings is 2. The SMILES string of the molecule is O=C(O)C[C@@H](NC(=O)OCC1c2ccccc2-c2ccccc21)C1CCCOC1. The van der Waals surface area contributed by atoms with Crippen molar-refractivity contribution in [2.45, 2.75) is 31.2 Å². The zero-order chi connectivity index (χ0) is 20.2. The first kappa shape index (κ1) is 19.5. The molecule has 0 bridgehead atoms. The number of nitrogens with one attached hydrogen (secondary N) is 1. The van der Waals surface area contributed by atoms with E-state index in [9.17, 15) is 14.7 Å². The first-order valence-corrected chi connectivity index (χ1v) is 10.0. The maximum absolute atomic E-state index is 12.5. The number of carboxylic acid groups (broad SMARTS) is 1. The lowest BCUT2D eigenvalue weighted by Gasteiger charge is -2.29. The molecule has 1 aliphatic carbocycles. The molecule has 1 aliphatic heterocycles. The first-order valence-electron chi connectivity index (χ1n) is 10.0. The third-order valence-corrected chi connectivity index (χ3v) is 5.81. The molecule has 1 heterocycles. The van der Waals surface area contributed by atoms with E-state index in [4.69, 9.17) is 9.47 Å². The van der Waals surface area contributed by atoms with Crippen LogP contribution in [0.15, 0.2) is 48.5 Å². The van der Waals surface area contributed by atoms with Crippen molar-refractivity contribution in [1.82, 2.24) is 5.32 Å². The molecule has 2 aromatic rings. The molecule has 2 aliphatic rings. The predicted molar refractivity (Wildman–Crippen MR) is 108 cm³/mol. The largest absolute Gasteiger partial charge is 0.481 e. The molecule has 2 atom stereocenters. The number of hydrogen-bond donors (Lipinski definition) is 2. The van der Waals surface area contributed by atoms with Crippen LogP contribution in [0.1, 0.15) is 36.3 Å². The van der Waals surface area contributed by atoms with Crippen molar-refractivity contribution in [2.24, 2.45) is 5.92 Å². The van der Waals surface area contributed by atoms with E-state index in [1.54, 1.807) is 0 Å². The topological polar surface area (TPSA) is 84.9 Å². The number of amides is 1. The van der Waals surface area contributed by atoms with E-state index in [1.807, 2.05) is 24.3 Å². The van der Waals surface area contributed by atoms with Crippen molar-refractivity contribution in [2.75, 3.05) is 19.8 Å². The van der Waals surface area contributed by atoms with E-state index >= 15 is 0 Å². The summed E-state index contributed by atoms with van der Waals surface area (Å²) < 4.78 is 11.0. The number of rotatable bonds is 6. The Kier molecular flexibility index (Phi) is 5.81. The molecule has 6 heteroatoms. The minimum absolute atomic E-state index is 0.0136. The molecule has 2 aromatic carbocycles. The lowest BCUT2D eigenvalue weighted by atomic mass is 9.91. The first-order chi connectivity index (χ1) is 14.1. The van der Waals surface area contributed by atoms with Gasteiger partial charge in [0.15, 0.2) is 0 Å². The summed E-state index contributed by atoms with van der Waals surface area (Å²) in [5.41, 5.74) is 4.62. The van der Waals surface area contributed by atoms with Gasteiger partial charge in [0.05, 0.1) is 13.0 Å². The average molecular weight is 395 g/mol. The Morgan fingerprint density at radius 3 is 2.34 bits per heavy atom. The van der Waals surface area contributed by atoms with Crippen molar-refractivity contribution in [1.29, 1.82) is 0 Å². The number of ether oxygens (including phenoxy) is 2. The van der Waals surface area contributed by atoms with Gasteiger partial charge >= 0.3 is 12.1 Å². The zero-order valence-corrected chi connectivity index (χ0v) is 16.2. The summed E-state index contributed by atoms with van der Waals surface area (Å²) in [6, 6.07) is 15.8. The minimum Gasteiger partial charge on any atom is -0.481 e. The summed E-state index contributed by atoms with van der Waals surface area (Å²) in [5, 5.41) is 12.0. The molecule has 1 amide bonds. The molecule has 0 aromatic heterocycles. The van der Waals surface area contributed by atoms with Gasteiger partial charge in [-0.15, -0.1) is 0 Å². The number of fused-ring (bicyclic) bond motifs is 3. The fourth-order valence-electron chi connectivity index (χ4n) is 4.40. The van der Waals surface area contributed by atoms with Crippen LogP contribution in [0.3, 0.4) is 0 Å². The number of aliphatic carboxylic acids is 1. The monoisotopic (exact) mass is 395 g/mol. The molecule has 1 saturated heterocycles.